The summed E-state index contributed by atoms with van der Waals surface area (Å²) in [5, 5.41) is 10.3. The number of hydrogen-bond acceptors (Lipinski definition) is 5. The van der Waals surface area contributed by atoms with E-state index in [4.69, 9.17) is 4.74 Å². The van der Waals surface area contributed by atoms with Gasteiger partial charge in [-0.2, -0.15) is 0 Å². The molecule has 2 aromatic heterocycles. The Labute approximate surface area is 179 Å². The molecule has 2 aromatic carbocycles. The van der Waals surface area contributed by atoms with Crippen molar-refractivity contribution < 1.29 is 4.74 Å². The molecule has 2 heterocycles. The third kappa shape index (κ3) is 4.21. The summed E-state index contributed by atoms with van der Waals surface area (Å²) in [6.45, 7) is 5.47. The van der Waals surface area contributed by atoms with E-state index >= 15 is 0 Å². The Bertz CT molecular complexity index is 1220. The fourth-order valence-corrected chi connectivity index (χ4v) is 4.31. The zero-order chi connectivity index (χ0) is 20.9. The predicted molar refractivity (Wildman–Crippen MR) is 122 cm³/mol. The van der Waals surface area contributed by atoms with Gasteiger partial charge in [0, 0.05) is 12.3 Å². The van der Waals surface area contributed by atoms with Crippen LogP contribution in [-0.4, -0.2) is 31.5 Å². The van der Waals surface area contributed by atoms with Crippen molar-refractivity contribution in [2.24, 2.45) is 0 Å². The average molecular weight is 423 g/mol. The zero-order valence-electron chi connectivity index (χ0n) is 17.4. The topological polar surface area (TPSA) is 61.4 Å². The first kappa shape index (κ1) is 20.5. The largest absolute Gasteiger partial charge is 0.494 e. The molecular weight excluding hydrogens is 396 g/mol. The van der Waals surface area contributed by atoms with Gasteiger partial charge in [0.15, 0.2) is 5.16 Å². The summed E-state index contributed by atoms with van der Waals surface area (Å²) in [4.78, 5) is 13.0. The van der Waals surface area contributed by atoms with E-state index in [1.165, 1.54) is 5.56 Å². The first-order valence-corrected chi connectivity index (χ1v) is 11.4. The first-order chi connectivity index (χ1) is 14.7. The predicted octanol–water partition coefficient (Wildman–Crippen LogP) is 4.71. The summed E-state index contributed by atoms with van der Waals surface area (Å²) in [6.07, 6.45) is 2.84. The number of fused-ring (bicyclic) bond motifs is 3. The van der Waals surface area contributed by atoms with E-state index in [1.807, 2.05) is 46.9 Å². The standard InChI is InChI=1S/C23H26N4O2S/c1-3-4-13-26-21(28)19-11-5-6-12-20(19)27-22(26)24-25-23(27)30-15-8-14-29-18-10-7-9-17(2)16-18/h5-7,9-12,16H,3-4,8,13-15H2,1-2H3. The van der Waals surface area contributed by atoms with Gasteiger partial charge in [0.1, 0.15) is 5.75 Å². The van der Waals surface area contributed by atoms with Crippen LogP contribution in [0.2, 0.25) is 0 Å². The highest BCUT2D eigenvalue weighted by Crippen LogP contribution is 2.22. The van der Waals surface area contributed by atoms with Crippen molar-refractivity contribution in [2.45, 2.75) is 44.8 Å². The lowest BCUT2D eigenvalue weighted by Crippen LogP contribution is -2.23. The van der Waals surface area contributed by atoms with Gasteiger partial charge in [-0.15, -0.1) is 10.2 Å². The molecule has 4 rings (SSSR count). The van der Waals surface area contributed by atoms with Gasteiger partial charge in [-0.1, -0.05) is 49.4 Å². The van der Waals surface area contributed by atoms with Crippen LogP contribution >= 0.6 is 11.8 Å². The molecule has 6 nitrogen and oxygen atoms in total. The molecule has 0 unspecified atom stereocenters. The monoisotopic (exact) mass is 422 g/mol. The third-order valence-corrected chi connectivity index (χ3v) is 6.01. The Morgan fingerprint density at radius 1 is 1.07 bits per heavy atom. The minimum Gasteiger partial charge on any atom is -0.494 e. The van der Waals surface area contributed by atoms with E-state index in [0.29, 0.717) is 24.3 Å². The molecule has 0 atom stereocenters. The maximum Gasteiger partial charge on any atom is 0.262 e. The number of rotatable bonds is 9. The Hall–Kier alpha value is -2.80. The molecule has 30 heavy (non-hydrogen) atoms. The van der Waals surface area contributed by atoms with E-state index in [0.717, 1.165) is 41.4 Å². The van der Waals surface area contributed by atoms with Gasteiger partial charge in [0.2, 0.25) is 5.78 Å². The summed E-state index contributed by atoms with van der Waals surface area (Å²) in [5.74, 6) is 2.37. The minimum atomic E-state index is 0.00190. The van der Waals surface area contributed by atoms with E-state index in [-0.39, 0.29) is 5.56 Å². The second kappa shape index (κ2) is 9.34. The van der Waals surface area contributed by atoms with Crippen LogP contribution in [0.3, 0.4) is 0 Å². The van der Waals surface area contributed by atoms with Gasteiger partial charge in [-0.25, -0.2) is 0 Å². The number of aromatic nitrogens is 4. The maximum atomic E-state index is 13.0. The summed E-state index contributed by atoms with van der Waals surface area (Å²) < 4.78 is 9.61. The maximum absolute atomic E-state index is 13.0. The fourth-order valence-electron chi connectivity index (χ4n) is 3.46. The number of nitrogens with zero attached hydrogens (tertiary/aromatic N) is 4. The summed E-state index contributed by atoms with van der Waals surface area (Å²) in [7, 11) is 0. The Kier molecular flexibility index (Phi) is 6.38. The molecule has 0 spiro atoms. The Morgan fingerprint density at radius 2 is 1.93 bits per heavy atom. The van der Waals surface area contributed by atoms with Gasteiger partial charge in [-0.3, -0.25) is 13.8 Å². The molecule has 0 fully saturated rings. The van der Waals surface area contributed by atoms with Crippen molar-refractivity contribution in [1.29, 1.82) is 0 Å². The molecule has 0 radical (unpaired) electrons. The second-order valence-electron chi connectivity index (χ2n) is 7.31. The van der Waals surface area contributed by atoms with E-state index in [2.05, 4.69) is 30.1 Å². The van der Waals surface area contributed by atoms with Crippen LogP contribution in [0.1, 0.15) is 31.7 Å². The molecule has 0 saturated carbocycles. The molecule has 0 amide bonds. The number of para-hydroxylation sites is 1. The Balaban J connectivity index is 1.53. The molecule has 7 heteroatoms. The second-order valence-corrected chi connectivity index (χ2v) is 8.37. The molecule has 0 aliphatic heterocycles. The molecule has 0 saturated heterocycles. The van der Waals surface area contributed by atoms with Gasteiger partial charge < -0.3 is 4.74 Å². The van der Waals surface area contributed by atoms with Crippen LogP contribution in [-0.2, 0) is 6.54 Å². The molecule has 0 aliphatic carbocycles. The fraction of sp³-hybridized carbons (Fsp3) is 0.348. The highest BCUT2D eigenvalue weighted by Gasteiger charge is 2.16. The molecule has 0 bridgehead atoms. The van der Waals surface area contributed by atoms with Crippen LogP contribution in [0.25, 0.3) is 16.7 Å². The normalized spacial score (nSPS) is 11.4. The van der Waals surface area contributed by atoms with Crippen molar-refractivity contribution in [1.82, 2.24) is 19.2 Å². The van der Waals surface area contributed by atoms with E-state index in [9.17, 15) is 4.79 Å². The molecule has 156 valence electrons. The highest BCUT2D eigenvalue weighted by atomic mass is 32.2. The third-order valence-electron chi connectivity index (χ3n) is 4.99. The first-order valence-electron chi connectivity index (χ1n) is 10.4. The summed E-state index contributed by atoms with van der Waals surface area (Å²) >= 11 is 1.64. The zero-order valence-corrected chi connectivity index (χ0v) is 18.2. The highest BCUT2D eigenvalue weighted by molar-refractivity contribution is 7.99. The van der Waals surface area contributed by atoms with Crippen molar-refractivity contribution in [2.75, 3.05) is 12.4 Å². The minimum absolute atomic E-state index is 0.00190. The van der Waals surface area contributed by atoms with E-state index < -0.39 is 0 Å². The number of ether oxygens (including phenoxy) is 1. The smallest absolute Gasteiger partial charge is 0.262 e. The lowest BCUT2D eigenvalue weighted by molar-refractivity contribution is 0.318. The van der Waals surface area contributed by atoms with Crippen LogP contribution < -0.4 is 10.3 Å². The van der Waals surface area contributed by atoms with Crippen LogP contribution in [0.5, 0.6) is 5.75 Å². The molecule has 0 N–H and O–H groups in total. The Morgan fingerprint density at radius 3 is 2.77 bits per heavy atom. The number of thioether (sulfide) groups is 1. The van der Waals surface area contributed by atoms with Gasteiger partial charge in [-0.05, 0) is 49.6 Å². The van der Waals surface area contributed by atoms with Crippen molar-refractivity contribution in [3.8, 4) is 5.75 Å². The average Bonchev–Trinajstić information content (AvgIpc) is 3.17. The van der Waals surface area contributed by atoms with Gasteiger partial charge >= 0.3 is 0 Å². The summed E-state index contributed by atoms with van der Waals surface area (Å²) in [5.41, 5.74) is 2.05. The van der Waals surface area contributed by atoms with Crippen molar-refractivity contribution >= 4 is 28.4 Å². The molecule has 4 aromatic rings. The van der Waals surface area contributed by atoms with Crippen LogP contribution in [0, 0.1) is 6.92 Å². The van der Waals surface area contributed by atoms with Gasteiger partial charge in [0.25, 0.3) is 5.56 Å². The lowest BCUT2D eigenvalue weighted by atomic mass is 10.2. The molecule has 0 aliphatic rings. The van der Waals surface area contributed by atoms with Crippen molar-refractivity contribution in [3.63, 3.8) is 0 Å². The molecular formula is C23H26N4O2S. The quantitative estimate of drug-likeness (QED) is 0.289. The van der Waals surface area contributed by atoms with E-state index in [1.54, 1.807) is 16.3 Å². The van der Waals surface area contributed by atoms with Crippen LogP contribution in [0.4, 0.5) is 0 Å². The number of aryl methyl sites for hydroxylation is 2. The van der Waals surface area contributed by atoms with Crippen molar-refractivity contribution in [3.05, 3.63) is 64.4 Å². The SMILES string of the molecule is CCCCn1c(=O)c2ccccc2n2c(SCCCOc3cccc(C)c3)nnc12. The van der Waals surface area contributed by atoms with Crippen LogP contribution in [0.15, 0.2) is 58.5 Å². The number of benzene rings is 2. The number of hydrogen-bond donors (Lipinski definition) is 0. The number of unbranched alkanes of at least 4 members (excludes halogenated alkanes) is 1. The summed E-state index contributed by atoms with van der Waals surface area (Å²) in [6, 6.07) is 15.8. The lowest BCUT2D eigenvalue weighted by Gasteiger charge is -2.11. The van der Waals surface area contributed by atoms with Gasteiger partial charge in [0.05, 0.1) is 17.5 Å².